The molecule has 7 heteroatoms. The number of aryl methyl sites for hydroxylation is 3. The fourth-order valence-corrected chi connectivity index (χ4v) is 2.85. The van der Waals surface area contributed by atoms with Crippen molar-refractivity contribution in [1.29, 1.82) is 0 Å². The van der Waals surface area contributed by atoms with Crippen LogP contribution in [0.1, 0.15) is 27.2 Å². The van der Waals surface area contributed by atoms with Crippen LogP contribution in [0.3, 0.4) is 0 Å². The lowest BCUT2D eigenvalue weighted by atomic mass is 10.1. The number of rotatable bonds is 4. The Morgan fingerprint density at radius 2 is 1.72 bits per heavy atom. The van der Waals surface area contributed by atoms with Crippen molar-refractivity contribution in [3.8, 4) is 0 Å². The van der Waals surface area contributed by atoms with Crippen molar-refractivity contribution in [2.24, 2.45) is 0 Å². The number of anilines is 3. The maximum atomic E-state index is 12.5. The summed E-state index contributed by atoms with van der Waals surface area (Å²) in [5, 5.41) is 16.8. The predicted octanol–water partition coefficient (Wildman–Crippen LogP) is 4.38. The third-order valence-corrected chi connectivity index (χ3v) is 3.93. The van der Waals surface area contributed by atoms with Crippen molar-refractivity contribution in [3.05, 3.63) is 63.8 Å². The zero-order valence-electron chi connectivity index (χ0n) is 14.1. The first-order chi connectivity index (χ1) is 11.9. The molecule has 3 rings (SSSR count). The van der Waals surface area contributed by atoms with Gasteiger partial charge in [-0.05, 0) is 61.7 Å². The molecule has 1 aromatic heterocycles. The quantitative estimate of drug-likeness (QED) is 0.648. The van der Waals surface area contributed by atoms with Gasteiger partial charge in [-0.1, -0.05) is 23.7 Å². The van der Waals surface area contributed by atoms with Gasteiger partial charge in [-0.15, -0.1) is 10.2 Å². The van der Waals surface area contributed by atoms with Gasteiger partial charge in [0.2, 0.25) is 0 Å². The predicted molar refractivity (Wildman–Crippen MR) is 99.7 cm³/mol. The first-order valence-corrected chi connectivity index (χ1v) is 8.14. The molecule has 2 aromatic carbocycles. The van der Waals surface area contributed by atoms with E-state index in [1.807, 2.05) is 39.0 Å². The van der Waals surface area contributed by atoms with Crippen LogP contribution in [0.2, 0.25) is 5.02 Å². The summed E-state index contributed by atoms with van der Waals surface area (Å²) >= 11 is 6.17. The lowest BCUT2D eigenvalue weighted by molar-refractivity contribution is 0.102. The first-order valence-electron chi connectivity index (χ1n) is 7.76. The molecule has 0 saturated heterocycles. The van der Waals surface area contributed by atoms with E-state index >= 15 is 0 Å². The van der Waals surface area contributed by atoms with E-state index in [1.54, 1.807) is 12.1 Å². The fraction of sp³-hybridized carbons (Fsp3) is 0.167. The van der Waals surface area contributed by atoms with E-state index in [0.717, 1.165) is 22.4 Å². The highest BCUT2D eigenvalue weighted by Gasteiger charge is 2.18. The highest BCUT2D eigenvalue weighted by Crippen LogP contribution is 2.25. The number of H-pyrrole nitrogens is 1. The number of benzene rings is 2. The van der Waals surface area contributed by atoms with Crippen molar-refractivity contribution in [2.75, 3.05) is 10.6 Å². The number of nitrogens with zero attached hydrogens (tertiary/aromatic N) is 2. The van der Waals surface area contributed by atoms with E-state index < -0.39 is 5.91 Å². The number of aromatic amines is 1. The van der Waals surface area contributed by atoms with Crippen molar-refractivity contribution < 1.29 is 4.79 Å². The minimum Gasteiger partial charge on any atom is -0.337 e. The van der Waals surface area contributed by atoms with E-state index in [4.69, 9.17) is 11.6 Å². The minimum absolute atomic E-state index is 0.163. The number of aromatic nitrogens is 3. The smallest absolute Gasteiger partial charge is 0.280 e. The Morgan fingerprint density at radius 3 is 2.40 bits per heavy atom. The monoisotopic (exact) mass is 355 g/mol. The molecule has 25 heavy (non-hydrogen) atoms. The molecule has 0 saturated carbocycles. The molecule has 0 bridgehead atoms. The summed E-state index contributed by atoms with van der Waals surface area (Å²) < 4.78 is 0. The van der Waals surface area contributed by atoms with E-state index in [0.29, 0.717) is 16.5 Å². The largest absolute Gasteiger partial charge is 0.337 e. The van der Waals surface area contributed by atoms with Gasteiger partial charge in [0.15, 0.2) is 11.5 Å². The summed E-state index contributed by atoms with van der Waals surface area (Å²) in [4.78, 5) is 12.5. The zero-order chi connectivity index (χ0) is 18.0. The van der Waals surface area contributed by atoms with Crippen LogP contribution in [0.25, 0.3) is 0 Å². The molecule has 0 atom stereocenters. The van der Waals surface area contributed by atoms with Crippen molar-refractivity contribution in [3.63, 3.8) is 0 Å². The van der Waals surface area contributed by atoms with E-state index in [-0.39, 0.29) is 5.69 Å². The molecule has 1 heterocycles. The highest BCUT2D eigenvalue weighted by molar-refractivity contribution is 6.34. The van der Waals surface area contributed by atoms with Crippen LogP contribution >= 0.6 is 11.6 Å². The number of carbonyl (C=O) groups is 1. The molecule has 0 aliphatic rings. The molecule has 3 N–H and O–H groups in total. The van der Waals surface area contributed by atoms with Crippen LogP contribution in [0.5, 0.6) is 0 Å². The Labute approximate surface area is 150 Å². The Bertz CT molecular complexity index is 915. The van der Waals surface area contributed by atoms with Gasteiger partial charge in [0, 0.05) is 5.69 Å². The standard InChI is InChI=1S/C18H18ClN5O/c1-10-4-5-15(14(19)9-10)21-18(25)16-17(23-24-22-16)20-13-7-11(2)6-12(3)8-13/h4-9H,1-3H3,(H,21,25)(H2,20,22,23,24). The molecule has 0 aliphatic carbocycles. The van der Waals surface area contributed by atoms with E-state index in [9.17, 15) is 4.79 Å². The SMILES string of the molecule is Cc1cc(C)cc(Nc2n[nH]nc2C(=O)Nc2ccc(C)cc2Cl)c1. The third kappa shape index (κ3) is 3.97. The van der Waals surface area contributed by atoms with Gasteiger partial charge in [0.25, 0.3) is 5.91 Å². The lowest BCUT2D eigenvalue weighted by Gasteiger charge is -2.09. The Morgan fingerprint density at radius 1 is 1.00 bits per heavy atom. The number of hydrogen-bond donors (Lipinski definition) is 3. The van der Waals surface area contributed by atoms with Gasteiger partial charge in [0.05, 0.1) is 10.7 Å². The molecule has 6 nitrogen and oxygen atoms in total. The number of amides is 1. The second kappa shape index (κ2) is 6.94. The summed E-state index contributed by atoms with van der Waals surface area (Å²) in [5.74, 6) is -0.0443. The average Bonchev–Trinajstić information content (AvgIpc) is 2.97. The topological polar surface area (TPSA) is 82.7 Å². The van der Waals surface area contributed by atoms with Gasteiger partial charge >= 0.3 is 0 Å². The van der Waals surface area contributed by atoms with Crippen LogP contribution in [-0.4, -0.2) is 21.3 Å². The summed E-state index contributed by atoms with van der Waals surface area (Å²) in [6.45, 7) is 5.95. The molecular formula is C18H18ClN5O. The van der Waals surface area contributed by atoms with Crippen LogP contribution in [0.15, 0.2) is 36.4 Å². The summed E-state index contributed by atoms with van der Waals surface area (Å²) in [6, 6.07) is 11.4. The van der Waals surface area contributed by atoms with E-state index in [1.165, 1.54) is 0 Å². The normalized spacial score (nSPS) is 10.6. The van der Waals surface area contributed by atoms with Crippen LogP contribution in [0.4, 0.5) is 17.2 Å². The third-order valence-electron chi connectivity index (χ3n) is 3.62. The average molecular weight is 356 g/mol. The summed E-state index contributed by atoms with van der Waals surface area (Å²) in [6.07, 6.45) is 0. The minimum atomic E-state index is -0.397. The molecule has 3 aromatic rings. The Kier molecular flexibility index (Phi) is 4.72. The van der Waals surface area contributed by atoms with Crippen molar-refractivity contribution in [1.82, 2.24) is 15.4 Å². The van der Waals surface area contributed by atoms with Crippen LogP contribution < -0.4 is 10.6 Å². The molecule has 0 spiro atoms. The van der Waals surface area contributed by atoms with Gasteiger partial charge in [-0.25, -0.2) is 0 Å². The molecule has 128 valence electrons. The Hall–Kier alpha value is -2.86. The molecule has 0 aliphatic heterocycles. The van der Waals surface area contributed by atoms with Crippen molar-refractivity contribution in [2.45, 2.75) is 20.8 Å². The van der Waals surface area contributed by atoms with Crippen LogP contribution in [-0.2, 0) is 0 Å². The second-order valence-electron chi connectivity index (χ2n) is 5.96. The Balaban J connectivity index is 1.82. The zero-order valence-corrected chi connectivity index (χ0v) is 14.9. The molecule has 0 unspecified atom stereocenters. The summed E-state index contributed by atoms with van der Waals surface area (Å²) in [5.41, 5.74) is 4.77. The molecule has 0 fully saturated rings. The highest BCUT2D eigenvalue weighted by atomic mass is 35.5. The molecule has 1 amide bonds. The number of hydrogen-bond acceptors (Lipinski definition) is 4. The van der Waals surface area contributed by atoms with Crippen molar-refractivity contribution >= 4 is 34.7 Å². The maximum absolute atomic E-state index is 12.5. The molecular weight excluding hydrogens is 338 g/mol. The number of carbonyl (C=O) groups excluding carboxylic acids is 1. The second-order valence-corrected chi connectivity index (χ2v) is 6.37. The van der Waals surface area contributed by atoms with Crippen LogP contribution in [0, 0.1) is 20.8 Å². The maximum Gasteiger partial charge on any atom is 0.280 e. The first kappa shape index (κ1) is 17.0. The van der Waals surface area contributed by atoms with Gasteiger partial charge < -0.3 is 10.6 Å². The van der Waals surface area contributed by atoms with Gasteiger partial charge in [-0.2, -0.15) is 5.21 Å². The molecule has 0 radical (unpaired) electrons. The number of halogens is 1. The van der Waals surface area contributed by atoms with E-state index in [2.05, 4.69) is 32.1 Å². The fourth-order valence-electron chi connectivity index (χ4n) is 2.56. The lowest BCUT2D eigenvalue weighted by Crippen LogP contribution is -2.14. The summed E-state index contributed by atoms with van der Waals surface area (Å²) in [7, 11) is 0. The number of nitrogens with one attached hydrogen (secondary N) is 3. The van der Waals surface area contributed by atoms with Gasteiger partial charge in [-0.3, -0.25) is 4.79 Å². The van der Waals surface area contributed by atoms with Gasteiger partial charge in [0.1, 0.15) is 0 Å².